The number of amides is 2. The van der Waals surface area contributed by atoms with Crippen LogP contribution in [-0.4, -0.2) is 23.6 Å². The Morgan fingerprint density at radius 3 is 2.74 bits per heavy atom. The van der Waals surface area contributed by atoms with E-state index in [4.69, 9.17) is 27.6 Å². The molecule has 0 radical (unpaired) electrons. The number of carbonyl (C=O) groups excluding carboxylic acids is 2. The number of fused-ring (bicyclic) bond motifs is 2. The first-order chi connectivity index (χ1) is 16.3. The zero-order valence-electron chi connectivity index (χ0n) is 18.8. The molecule has 2 heterocycles. The van der Waals surface area contributed by atoms with E-state index in [2.05, 4.69) is 16.6 Å². The molecule has 2 amide bonds. The molecule has 174 valence electrons. The molecule has 2 aliphatic rings. The fraction of sp³-hybridized carbons (Fsp3) is 0.269. The molecular formula is C26H23Cl2N3O3. The highest BCUT2D eigenvalue weighted by Crippen LogP contribution is 2.36. The number of hydrogen-bond donors (Lipinski definition) is 1. The van der Waals surface area contributed by atoms with Crippen LogP contribution < -0.4 is 10.3 Å². The molecular weight excluding hydrogens is 473 g/mol. The number of anilines is 1. The van der Waals surface area contributed by atoms with Gasteiger partial charge >= 0.3 is 0 Å². The van der Waals surface area contributed by atoms with Gasteiger partial charge in [-0.25, -0.2) is 5.43 Å². The molecule has 1 aliphatic heterocycles. The summed E-state index contributed by atoms with van der Waals surface area (Å²) in [5, 5.41) is 5.09. The van der Waals surface area contributed by atoms with Gasteiger partial charge in [-0.2, -0.15) is 5.10 Å². The standard InChI is InChI=1S/C26H23Cl2N3O3/c1-14-12-16-6-3-4-8-21(16)31(14)26(33)24-15(2)23-20(7-5-9-22(23)34-24)29-30-25(32)18-11-10-17(27)13-19(18)28/h3-4,6,8,10-11,13-14H,5,7,9,12H2,1-2H3,(H,30,32)/b29-20+. The van der Waals surface area contributed by atoms with Crippen molar-refractivity contribution in [1.82, 2.24) is 5.43 Å². The Labute approximate surface area is 207 Å². The van der Waals surface area contributed by atoms with Gasteiger partial charge in [0.15, 0.2) is 5.76 Å². The molecule has 0 saturated carbocycles. The van der Waals surface area contributed by atoms with Crippen LogP contribution in [0.1, 0.15) is 63.1 Å². The molecule has 0 spiro atoms. The van der Waals surface area contributed by atoms with Gasteiger partial charge in [0.05, 0.1) is 16.3 Å². The number of halogens is 2. The summed E-state index contributed by atoms with van der Waals surface area (Å²) in [6.45, 7) is 3.92. The summed E-state index contributed by atoms with van der Waals surface area (Å²) in [5.74, 6) is 0.474. The Hall–Kier alpha value is -3.09. The van der Waals surface area contributed by atoms with Crippen LogP contribution >= 0.6 is 23.2 Å². The average molecular weight is 496 g/mol. The van der Waals surface area contributed by atoms with Crippen LogP contribution in [0.25, 0.3) is 0 Å². The monoisotopic (exact) mass is 495 g/mol. The summed E-state index contributed by atoms with van der Waals surface area (Å²) in [6.07, 6.45) is 3.00. The molecule has 8 heteroatoms. The second kappa shape index (κ2) is 8.93. The van der Waals surface area contributed by atoms with Gasteiger partial charge in [0.2, 0.25) is 0 Å². The first-order valence-corrected chi connectivity index (χ1v) is 12.0. The maximum Gasteiger partial charge on any atom is 0.294 e. The third kappa shape index (κ3) is 3.91. The summed E-state index contributed by atoms with van der Waals surface area (Å²) in [6, 6.07) is 12.7. The minimum absolute atomic E-state index is 0.0444. The van der Waals surface area contributed by atoms with Crippen LogP contribution in [-0.2, 0) is 12.8 Å². The van der Waals surface area contributed by atoms with Gasteiger partial charge in [-0.15, -0.1) is 0 Å². The molecule has 0 saturated heterocycles. The second-order valence-corrected chi connectivity index (χ2v) is 9.53. The number of hydrogen-bond acceptors (Lipinski definition) is 4. The second-order valence-electron chi connectivity index (χ2n) is 8.69. The molecule has 0 bridgehead atoms. The number of nitrogens with one attached hydrogen (secondary N) is 1. The fourth-order valence-electron chi connectivity index (χ4n) is 4.82. The van der Waals surface area contributed by atoms with Gasteiger partial charge in [0, 0.05) is 34.3 Å². The highest BCUT2D eigenvalue weighted by Gasteiger charge is 2.36. The highest BCUT2D eigenvalue weighted by molar-refractivity contribution is 6.36. The predicted octanol–water partition coefficient (Wildman–Crippen LogP) is 5.96. The predicted molar refractivity (Wildman–Crippen MR) is 133 cm³/mol. The van der Waals surface area contributed by atoms with Crippen LogP contribution in [0.3, 0.4) is 0 Å². The molecule has 1 atom stereocenters. The van der Waals surface area contributed by atoms with Gasteiger partial charge in [-0.05, 0) is 62.9 Å². The van der Waals surface area contributed by atoms with Crippen molar-refractivity contribution in [1.29, 1.82) is 0 Å². The Kier molecular flexibility index (Phi) is 5.96. The van der Waals surface area contributed by atoms with Gasteiger partial charge < -0.3 is 9.32 Å². The maximum absolute atomic E-state index is 13.6. The quantitative estimate of drug-likeness (QED) is 0.455. The molecule has 5 rings (SSSR count). The van der Waals surface area contributed by atoms with E-state index in [1.165, 1.54) is 6.07 Å². The molecule has 1 aliphatic carbocycles. The van der Waals surface area contributed by atoms with Crippen molar-refractivity contribution in [3.05, 3.63) is 86.3 Å². The molecule has 1 aromatic heterocycles. The molecule has 34 heavy (non-hydrogen) atoms. The Morgan fingerprint density at radius 1 is 1.15 bits per heavy atom. The Bertz CT molecular complexity index is 1350. The lowest BCUT2D eigenvalue weighted by Crippen LogP contribution is -2.35. The van der Waals surface area contributed by atoms with E-state index in [0.717, 1.165) is 41.0 Å². The van der Waals surface area contributed by atoms with E-state index in [1.807, 2.05) is 36.9 Å². The van der Waals surface area contributed by atoms with Crippen molar-refractivity contribution in [2.45, 2.75) is 45.6 Å². The maximum atomic E-state index is 13.6. The summed E-state index contributed by atoms with van der Waals surface area (Å²) in [4.78, 5) is 28.0. The lowest BCUT2D eigenvalue weighted by molar-refractivity contribution is 0.0946. The minimum atomic E-state index is -0.429. The number of carbonyl (C=O) groups is 2. The van der Waals surface area contributed by atoms with Crippen molar-refractivity contribution in [3.63, 3.8) is 0 Å². The van der Waals surface area contributed by atoms with E-state index in [1.54, 1.807) is 12.1 Å². The normalized spacial score (nSPS) is 18.1. The molecule has 1 N–H and O–H groups in total. The lowest BCUT2D eigenvalue weighted by Gasteiger charge is -2.21. The smallest absolute Gasteiger partial charge is 0.294 e. The third-order valence-corrected chi connectivity index (χ3v) is 6.96. The molecule has 3 aromatic rings. The zero-order chi connectivity index (χ0) is 24.0. The van der Waals surface area contributed by atoms with Crippen molar-refractivity contribution in [3.8, 4) is 0 Å². The summed E-state index contributed by atoms with van der Waals surface area (Å²) < 4.78 is 6.11. The van der Waals surface area contributed by atoms with Crippen LogP contribution in [0, 0.1) is 6.92 Å². The third-order valence-electron chi connectivity index (χ3n) is 6.41. The van der Waals surface area contributed by atoms with E-state index in [0.29, 0.717) is 29.3 Å². The number of aryl methyl sites for hydroxylation is 1. The van der Waals surface area contributed by atoms with Gasteiger partial charge in [0.25, 0.3) is 11.8 Å². The summed E-state index contributed by atoms with van der Waals surface area (Å²) in [5.41, 5.74) is 7.20. The van der Waals surface area contributed by atoms with Crippen LogP contribution in [0.4, 0.5) is 5.69 Å². The van der Waals surface area contributed by atoms with Gasteiger partial charge in [-0.1, -0.05) is 41.4 Å². The van der Waals surface area contributed by atoms with Crippen LogP contribution in [0.15, 0.2) is 52.0 Å². The minimum Gasteiger partial charge on any atom is -0.455 e. The Morgan fingerprint density at radius 2 is 1.94 bits per heavy atom. The molecule has 1 unspecified atom stereocenters. The number of para-hydroxylation sites is 1. The summed E-state index contributed by atoms with van der Waals surface area (Å²) >= 11 is 12.1. The topological polar surface area (TPSA) is 74.9 Å². The zero-order valence-corrected chi connectivity index (χ0v) is 20.3. The SMILES string of the molecule is Cc1c(C(=O)N2c3ccccc3CC2C)oc2c1/C(=N/NC(=O)c1ccc(Cl)cc1Cl)CCC2. The highest BCUT2D eigenvalue weighted by atomic mass is 35.5. The Balaban J connectivity index is 1.44. The first kappa shape index (κ1) is 22.7. The lowest BCUT2D eigenvalue weighted by atomic mass is 9.93. The molecule has 0 fully saturated rings. The number of furan rings is 1. The van der Waals surface area contributed by atoms with Crippen molar-refractivity contribution in [2.24, 2.45) is 5.10 Å². The van der Waals surface area contributed by atoms with Gasteiger partial charge in [0.1, 0.15) is 5.76 Å². The van der Waals surface area contributed by atoms with Crippen molar-refractivity contribution in [2.75, 3.05) is 4.90 Å². The van der Waals surface area contributed by atoms with E-state index in [-0.39, 0.29) is 22.5 Å². The average Bonchev–Trinajstić information content (AvgIpc) is 3.33. The van der Waals surface area contributed by atoms with E-state index >= 15 is 0 Å². The number of benzene rings is 2. The number of nitrogens with zero attached hydrogens (tertiary/aromatic N) is 2. The van der Waals surface area contributed by atoms with Crippen molar-refractivity contribution < 1.29 is 14.0 Å². The summed E-state index contributed by atoms with van der Waals surface area (Å²) in [7, 11) is 0. The van der Waals surface area contributed by atoms with Gasteiger partial charge in [-0.3, -0.25) is 9.59 Å². The molecule has 6 nitrogen and oxygen atoms in total. The fourth-order valence-corrected chi connectivity index (χ4v) is 5.31. The van der Waals surface area contributed by atoms with E-state index < -0.39 is 5.91 Å². The van der Waals surface area contributed by atoms with Crippen LogP contribution in [0.2, 0.25) is 10.0 Å². The van der Waals surface area contributed by atoms with Crippen molar-refractivity contribution >= 4 is 46.4 Å². The van der Waals surface area contributed by atoms with Crippen LogP contribution in [0.5, 0.6) is 0 Å². The van der Waals surface area contributed by atoms with E-state index in [9.17, 15) is 9.59 Å². The first-order valence-electron chi connectivity index (χ1n) is 11.2. The number of rotatable bonds is 3. The largest absolute Gasteiger partial charge is 0.455 e. The number of hydrazone groups is 1. The molecule has 2 aromatic carbocycles.